The van der Waals surface area contributed by atoms with Crippen molar-refractivity contribution in [2.75, 3.05) is 19.3 Å². The zero-order valence-electron chi connectivity index (χ0n) is 17.6. The minimum absolute atomic E-state index is 0.144. The van der Waals surface area contributed by atoms with E-state index in [9.17, 15) is 13.5 Å². The van der Waals surface area contributed by atoms with Gasteiger partial charge in [-0.05, 0) is 45.6 Å². The van der Waals surface area contributed by atoms with Gasteiger partial charge in [0.2, 0.25) is 0 Å². The molecule has 0 saturated heterocycles. The Bertz CT molecular complexity index is 451. The van der Waals surface area contributed by atoms with Crippen LogP contribution in [0.1, 0.15) is 96.8 Å². The molecule has 0 radical (unpaired) electrons. The predicted octanol–water partition coefficient (Wildman–Crippen LogP) is 5.16. The Morgan fingerprint density at radius 2 is 1.33 bits per heavy atom. The summed E-state index contributed by atoms with van der Waals surface area (Å²) in [6.07, 6.45) is 20.8. The second-order valence-corrected chi connectivity index (χ2v) is 9.19. The Morgan fingerprint density at radius 3 is 1.85 bits per heavy atom. The highest BCUT2D eigenvalue weighted by Gasteiger charge is 2.13. The molecule has 0 fully saturated rings. The highest BCUT2D eigenvalue weighted by Crippen LogP contribution is 2.11. The van der Waals surface area contributed by atoms with E-state index in [1.165, 1.54) is 64.2 Å². The van der Waals surface area contributed by atoms with Crippen LogP contribution in [0.3, 0.4) is 0 Å². The molecule has 0 spiro atoms. The zero-order chi connectivity index (χ0) is 20.4. The molecule has 0 rings (SSSR count). The monoisotopic (exact) mass is 405 g/mol. The first-order chi connectivity index (χ1) is 12.9. The molecule has 162 valence electrons. The lowest BCUT2D eigenvalue weighted by molar-refractivity contribution is 0.0176. The Balaban J connectivity index is 3.40. The maximum Gasteiger partial charge on any atom is 0.266 e. The largest absolute Gasteiger partial charge is 0.378 e. The van der Waals surface area contributed by atoms with Crippen molar-refractivity contribution in [3.05, 3.63) is 12.2 Å². The number of hydrogen-bond donors (Lipinski definition) is 2. The first-order valence-corrected chi connectivity index (χ1v) is 12.5. The third-order valence-corrected chi connectivity index (χ3v) is 5.63. The van der Waals surface area contributed by atoms with Gasteiger partial charge >= 0.3 is 0 Å². The van der Waals surface area contributed by atoms with E-state index in [4.69, 9.17) is 4.55 Å². The summed E-state index contributed by atoms with van der Waals surface area (Å²) in [5.74, 6) is -0.340. The lowest BCUT2D eigenvalue weighted by atomic mass is 10.1. The van der Waals surface area contributed by atoms with Gasteiger partial charge in [0.05, 0.1) is 5.75 Å². The molecule has 0 aromatic carbocycles. The van der Waals surface area contributed by atoms with Crippen molar-refractivity contribution in [3.63, 3.8) is 0 Å². The summed E-state index contributed by atoms with van der Waals surface area (Å²) in [6.45, 7) is 2.40. The fraction of sp³-hybridized carbons (Fsp3) is 0.905. The molecule has 0 bridgehead atoms. The van der Waals surface area contributed by atoms with Crippen molar-refractivity contribution in [2.24, 2.45) is 0 Å². The minimum Gasteiger partial charge on any atom is -0.378 e. The molecule has 1 atom stereocenters. The van der Waals surface area contributed by atoms with Gasteiger partial charge in [0.1, 0.15) is 6.23 Å². The lowest BCUT2D eigenvalue weighted by Gasteiger charge is -2.22. The summed E-state index contributed by atoms with van der Waals surface area (Å²) < 4.78 is 30.1. The van der Waals surface area contributed by atoms with Gasteiger partial charge in [-0.15, -0.1) is 0 Å². The zero-order valence-corrected chi connectivity index (χ0v) is 18.4. The summed E-state index contributed by atoms with van der Waals surface area (Å²) in [7, 11) is -2.29. The van der Waals surface area contributed by atoms with E-state index in [0.29, 0.717) is 6.42 Å². The Kier molecular flexibility index (Phi) is 17.4. The molecule has 0 aromatic heterocycles. The van der Waals surface area contributed by atoms with Crippen molar-refractivity contribution >= 4 is 10.1 Å². The highest BCUT2D eigenvalue weighted by atomic mass is 32.2. The van der Waals surface area contributed by atoms with E-state index in [-0.39, 0.29) is 12.3 Å². The van der Waals surface area contributed by atoms with E-state index in [1.807, 2.05) is 0 Å². The quantitative estimate of drug-likeness (QED) is 0.134. The molecular weight excluding hydrogens is 362 g/mol. The third-order valence-electron chi connectivity index (χ3n) is 4.93. The van der Waals surface area contributed by atoms with E-state index >= 15 is 0 Å². The van der Waals surface area contributed by atoms with Crippen LogP contribution in [0.2, 0.25) is 0 Å². The van der Waals surface area contributed by atoms with E-state index in [2.05, 4.69) is 19.1 Å². The topological polar surface area (TPSA) is 77.8 Å². The standard InChI is InChI=1S/C21H43NO4S/c1-3-4-5-6-7-8-9-10-11-12-13-14-15-16-17-18-21(23)22(2)19-20-27(24,25)26/h10-11,21,23H,3-9,12-20H2,1-2H3,(H,24,25,26)/b11-10-. The maximum absolute atomic E-state index is 10.7. The molecule has 0 aromatic rings. The van der Waals surface area contributed by atoms with Crippen LogP contribution in [0, 0.1) is 0 Å². The molecule has 0 saturated carbocycles. The first kappa shape index (κ1) is 26.6. The molecule has 27 heavy (non-hydrogen) atoms. The van der Waals surface area contributed by atoms with E-state index < -0.39 is 16.3 Å². The van der Waals surface area contributed by atoms with Crippen molar-refractivity contribution in [1.29, 1.82) is 0 Å². The fourth-order valence-electron chi connectivity index (χ4n) is 3.03. The van der Waals surface area contributed by atoms with Crippen molar-refractivity contribution in [2.45, 2.75) is 103 Å². The molecule has 0 aliphatic heterocycles. The van der Waals surface area contributed by atoms with Crippen molar-refractivity contribution < 1.29 is 18.1 Å². The van der Waals surface area contributed by atoms with Crippen LogP contribution in [0.4, 0.5) is 0 Å². The second kappa shape index (κ2) is 17.7. The molecule has 0 heterocycles. The smallest absolute Gasteiger partial charge is 0.266 e. The van der Waals surface area contributed by atoms with Crippen LogP contribution in [-0.4, -0.2) is 48.6 Å². The van der Waals surface area contributed by atoms with Gasteiger partial charge in [-0.25, -0.2) is 0 Å². The highest BCUT2D eigenvalue weighted by molar-refractivity contribution is 7.85. The molecule has 6 heteroatoms. The normalized spacial score (nSPS) is 13.7. The SMILES string of the molecule is CCCCCCCC/C=C\CCCCCCCC(O)N(C)CCS(=O)(=O)O. The molecule has 0 amide bonds. The summed E-state index contributed by atoms with van der Waals surface area (Å²) in [4.78, 5) is 1.57. The van der Waals surface area contributed by atoms with Gasteiger partial charge < -0.3 is 5.11 Å². The number of hydrogen-bond acceptors (Lipinski definition) is 4. The van der Waals surface area contributed by atoms with Gasteiger partial charge in [-0.2, -0.15) is 8.42 Å². The average Bonchev–Trinajstić information content (AvgIpc) is 2.62. The van der Waals surface area contributed by atoms with Gasteiger partial charge in [0.25, 0.3) is 10.1 Å². The molecular formula is C21H43NO4S. The predicted molar refractivity (Wildman–Crippen MR) is 115 cm³/mol. The third kappa shape index (κ3) is 20.1. The van der Waals surface area contributed by atoms with Crippen LogP contribution in [0.25, 0.3) is 0 Å². The van der Waals surface area contributed by atoms with Gasteiger partial charge in [-0.1, -0.05) is 70.4 Å². The maximum atomic E-state index is 10.7. The van der Waals surface area contributed by atoms with Crippen LogP contribution in [0.15, 0.2) is 12.2 Å². The molecule has 0 aliphatic carbocycles. The number of unbranched alkanes of at least 4 members (excludes halogenated alkanes) is 11. The fourth-order valence-corrected chi connectivity index (χ4v) is 3.55. The van der Waals surface area contributed by atoms with Crippen LogP contribution in [0.5, 0.6) is 0 Å². The van der Waals surface area contributed by atoms with Crippen LogP contribution < -0.4 is 0 Å². The number of rotatable bonds is 19. The molecule has 2 N–H and O–H groups in total. The first-order valence-electron chi connectivity index (χ1n) is 10.8. The number of nitrogens with zero attached hydrogens (tertiary/aromatic N) is 1. The lowest BCUT2D eigenvalue weighted by Crippen LogP contribution is -2.35. The Hall–Kier alpha value is -0.430. The Morgan fingerprint density at radius 1 is 0.852 bits per heavy atom. The van der Waals surface area contributed by atoms with Gasteiger partial charge in [0.15, 0.2) is 0 Å². The number of aliphatic hydroxyl groups is 1. The molecule has 0 aliphatic rings. The van der Waals surface area contributed by atoms with E-state index in [1.54, 1.807) is 11.9 Å². The molecule has 5 nitrogen and oxygen atoms in total. The second-order valence-electron chi connectivity index (χ2n) is 7.62. The summed E-state index contributed by atoms with van der Waals surface area (Å²) in [6, 6.07) is 0. The van der Waals surface area contributed by atoms with Gasteiger partial charge in [-0.3, -0.25) is 9.45 Å². The minimum atomic E-state index is -3.96. The number of allylic oxidation sites excluding steroid dienone is 2. The van der Waals surface area contributed by atoms with Crippen molar-refractivity contribution in [1.82, 2.24) is 4.90 Å². The Labute approximate surface area is 168 Å². The molecule has 1 unspecified atom stereocenters. The average molecular weight is 406 g/mol. The van der Waals surface area contributed by atoms with Crippen molar-refractivity contribution in [3.8, 4) is 0 Å². The summed E-state index contributed by atoms with van der Waals surface area (Å²) >= 11 is 0. The summed E-state index contributed by atoms with van der Waals surface area (Å²) in [5.41, 5.74) is 0. The van der Waals surface area contributed by atoms with E-state index in [0.717, 1.165) is 19.3 Å². The van der Waals surface area contributed by atoms with Crippen LogP contribution in [-0.2, 0) is 10.1 Å². The van der Waals surface area contributed by atoms with Gasteiger partial charge in [0, 0.05) is 6.54 Å². The summed E-state index contributed by atoms with van der Waals surface area (Å²) in [5, 5.41) is 9.96. The number of aliphatic hydroxyl groups excluding tert-OH is 1. The van der Waals surface area contributed by atoms with Crippen LogP contribution >= 0.6 is 0 Å².